The summed E-state index contributed by atoms with van der Waals surface area (Å²) >= 11 is 0. The number of para-hydroxylation sites is 1. The van der Waals surface area contributed by atoms with Gasteiger partial charge in [-0.15, -0.1) is 0 Å². The number of hydrogen-bond donors (Lipinski definition) is 4. The van der Waals surface area contributed by atoms with Gasteiger partial charge in [-0.25, -0.2) is 14.6 Å². The second-order valence-corrected chi connectivity index (χ2v) is 7.06. The van der Waals surface area contributed by atoms with Crippen LogP contribution in [0.5, 0.6) is 0 Å². The van der Waals surface area contributed by atoms with Crippen molar-refractivity contribution in [2.75, 3.05) is 26.7 Å². The summed E-state index contributed by atoms with van der Waals surface area (Å²) in [4.78, 5) is 33.7. The number of carbonyl (C=O) groups is 2. The fourth-order valence-electron chi connectivity index (χ4n) is 3.02. The molecule has 2 heterocycles. The Kier molecular flexibility index (Phi) is 8.75. The minimum Gasteiger partial charge on any atom is -0.479 e. The van der Waals surface area contributed by atoms with Crippen molar-refractivity contribution < 1.29 is 30.0 Å². The molecule has 3 rings (SSSR count). The molecule has 0 bridgehead atoms. The average Bonchev–Trinajstić information content (AvgIpc) is 3.40. The van der Waals surface area contributed by atoms with Gasteiger partial charge in [-0.05, 0) is 31.4 Å². The van der Waals surface area contributed by atoms with Crippen LogP contribution in [0.3, 0.4) is 0 Å². The molecule has 0 aliphatic carbocycles. The van der Waals surface area contributed by atoms with E-state index in [2.05, 4.69) is 16.8 Å². The van der Waals surface area contributed by atoms with Crippen molar-refractivity contribution in [3.63, 3.8) is 0 Å². The molecule has 10 heteroatoms. The van der Waals surface area contributed by atoms with E-state index >= 15 is 0 Å². The maximum atomic E-state index is 9.77. The summed E-state index contributed by atoms with van der Waals surface area (Å²) in [6.07, 6.45) is 0.227. The van der Waals surface area contributed by atoms with E-state index in [4.69, 9.17) is 30.4 Å². The first-order valence-corrected chi connectivity index (χ1v) is 9.78. The first kappa shape index (κ1) is 23.3. The van der Waals surface area contributed by atoms with Crippen molar-refractivity contribution >= 4 is 29.4 Å². The van der Waals surface area contributed by atoms with Gasteiger partial charge in [0.1, 0.15) is 5.84 Å². The molecule has 0 unspecified atom stereocenters. The number of rotatable bonds is 4. The Hall–Kier alpha value is -2.98. The van der Waals surface area contributed by atoms with Crippen molar-refractivity contribution in [2.24, 2.45) is 9.98 Å². The third-order valence-corrected chi connectivity index (χ3v) is 4.74. The van der Waals surface area contributed by atoms with Crippen molar-refractivity contribution in [1.82, 2.24) is 9.80 Å². The smallest absolute Gasteiger partial charge is 0.335 e. The molecule has 0 radical (unpaired) electrons. The lowest BCUT2D eigenvalue weighted by molar-refractivity contribution is -0.165. The monoisotopic (exact) mass is 420 g/mol. The van der Waals surface area contributed by atoms with Gasteiger partial charge in [0.2, 0.25) is 5.96 Å². The van der Waals surface area contributed by atoms with Crippen LogP contribution < -0.4 is 0 Å². The van der Waals surface area contributed by atoms with Crippen LogP contribution >= 0.6 is 0 Å². The van der Waals surface area contributed by atoms with Crippen molar-refractivity contribution in [1.29, 1.82) is 0 Å². The number of benzene rings is 1. The Morgan fingerprint density at radius 3 is 1.97 bits per heavy atom. The van der Waals surface area contributed by atoms with E-state index in [1.165, 1.54) is 25.1 Å². The van der Waals surface area contributed by atoms with Crippen molar-refractivity contribution in [2.45, 2.75) is 37.9 Å². The van der Waals surface area contributed by atoms with E-state index in [1.807, 2.05) is 30.3 Å². The molecule has 2 aliphatic heterocycles. The number of likely N-dealkylation sites (tertiary alicyclic amines) is 2. The SMILES string of the molecule is CN1CCCC1=NC(=Nc1ccccc1)N1CCCC1.O=C(O)[C@H](O)[C@@H](O)C(=O)O. The molecule has 1 aromatic carbocycles. The topological polar surface area (TPSA) is 146 Å². The predicted molar refractivity (Wildman–Crippen MR) is 111 cm³/mol. The lowest BCUT2D eigenvalue weighted by atomic mass is 10.2. The molecule has 2 saturated heterocycles. The lowest BCUT2D eigenvalue weighted by Crippen LogP contribution is -2.39. The maximum Gasteiger partial charge on any atom is 0.335 e. The molecule has 164 valence electrons. The molecule has 0 amide bonds. The second-order valence-electron chi connectivity index (χ2n) is 7.06. The van der Waals surface area contributed by atoms with E-state index in [9.17, 15) is 9.59 Å². The van der Waals surface area contributed by atoms with E-state index in [1.54, 1.807) is 0 Å². The standard InChI is InChI=1S/C16H22N4.C4H6O6/c1-19-11-7-10-15(19)18-16(20-12-5-6-13-20)17-14-8-3-2-4-9-14;5-1(3(7)8)2(6)4(9)10/h2-4,8-9H,5-7,10-13H2,1H3;1-2,5-6H,(H,7,8)(H,9,10)/t;1-,2-/m.1/s1. The number of guanidine groups is 1. The Morgan fingerprint density at radius 1 is 0.933 bits per heavy atom. The minimum absolute atomic E-state index is 0.887. The quantitative estimate of drug-likeness (QED) is 0.413. The number of aliphatic hydroxyl groups excluding tert-OH is 2. The Morgan fingerprint density at radius 2 is 1.50 bits per heavy atom. The minimum atomic E-state index is -2.27. The van der Waals surface area contributed by atoms with Crippen molar-refractivity contribution in [3.8, 4) is 0 Å². The fourth-order valence-corrected chi connectivity index (χ4v) is 3.02. The Balaban J connectivity index is 0.000000274. The summed E-state index contributed by atoms with van der Waals surface area (Å²) in [5.74, 6) is -1.48. The summed E-state index contributed by atoms with van der Waals surface area (Å²) in [6, 6.07) is 10.1. The Bertz CT molecular complexity index is 759. The van der Waals surface area contributed by atoms with Crippen LogP contribution in [-0.4, -0.2) is 92.8 Å². The van der Waals surface area contributed by atoms with E-state index in [-0.39, 0.29) is 0 Å². The number of aliphatic hydroxyl groups is 2. The molecule has 2 aliphatic rings. The zero-order chi connectivity index (χ0) is 22.1. The molecule has 2 fully saturated rings. The van der Waals surface area contributed by atoms with Gasteiger partial charge in [-0.2, -0.15) is 4.99 Å². The van der Waals surface area contributed by atoms with E-state index < -0.39 is 24.1 Å². The van der Waals surface area contributed by atoms with Crippen LogP contribution in [-0.2, 0) is 9.59 Å². The van der Waals surface area contributed by atoms with Crippen LogP contribution in [0.1, 0.15) is 25.7 Å². The number of carboxylic acids is 2. The third kappa shape index (κ3) is 6.82. The molecule has 0 spiro atoms. The summed E-state index contributed by atoms with van der Waals surface area (Å²) in [6.45, 7) is 3.26. The number of aliphatic imine (C=N–C) groups is 2. The zero-order valence-corrected chi connectivity index (χ0v) is 16.9. The molecule has 10 nitrogen and oxygen atoms in total. The summed E-state index contributed by atoms with van der Waals surface area (Å²) < 4.78 is 0. The van der Waals surface area contributed by atoms with Gasteiger partial charge < -0.3 is 30.2 Å². The van der Waals surface area contributed by atoms with Gasteiger partial charge in [-0.1, -0.05) is 18.2 Å². The maximum absolute atomic E-state index is 9.77. The van der Waals surface area contributed by atoms with E-state index in [0.29, 0.717) is 0 Å². The summed E-state index contributed by atoms with van der Waals surface area (Å²) in [5.41, 5.74) is 0.986. The number of amidine groups is 1. The molecular formula is C20H28N4O6. The molecule has 1 aromatic rings. The summed E-state index contributed by atoms with van der Waals surface area (Å²) in [5, 5.41) is 32.5. The summed E-state index contributed by atoms with van der Waals surface area (Å²) in [7, 11) is 2.12. The average molecular weight is 420 g/mol. The molecular weight excluding hydrogens is 392 g/mol. The Labute approximate surface area is 174 Å². The third-order valence-electron chi connectivity index (χ3n) is 4.74. The molecule has 0 aromatic heterocycles. The first-order valence-electron chi connectivity index (χ1n) is 9.78. The highest BCUT2D eigenvalue weighted by molar-refractivity contribution is 5.97. The largest absolute Gasteiger partial charge is 0.479 e. The highest BCUT2D eigenvalue weighted by atomic mass is 16.4. The molecule has 0 saturated carbocycles. The van der Waals surface area contributed by atoms with Gasteiger partial charge in [0, 0.05) is 33.1 Å². The van der Waals surface area contributed by atoms with Gasteiger partial charge in [-0.3, -0.25) is 0 Å². The van der Waals surface area contributed by atoms with Crippen LogP contribution in [0.4, 0.5) is 5.69 Å². The highest BCUT2D eigenvalue weighted by Crippen LogP contribution is 2.17. The van der Waals surface area contributed by atoms with Gasteiger partial charge in [0.25, 0.3) is 0 Å². The van der Waals surface area contributed by atoms with Gasteiger partial charge in [0.05, 0.1) is 5.69 Å². The first-order chi connectivity index (χ1) is 14.3. The lowest BCUT2D eigenvalue weighted by Gasteiger charge is -2.19. The number of hydrogen-bond acceptors (Lipinski definition) is 5. The predicted octanol–water partition coefficient (Wildman–Crippen LogP) is 0.771. The van der Waals surface area contributed by atoms with Gasteiger partial charge in [0.15, 0.2) is 12.2 Å². The van der Waals surface area contributed by atoms with Crippen LogP contribution in [0.25, 0.3) is 0 Å². The molecule has 2 atom stereocenters. The van der Waals surface area contributed by atoms with Crippen LogP contribution in [0.2, 0.25) is 0 Å². The van der Waals surface area contributed by atoms with Crippen LogP contribution in [0.15, 0.2) is 40.3 Å². The molecule has 30 heavy (non-hydrogen) atoms. The van der Waals surface area contributed by atoms with E-state index in [0.717, 1.165) is 37.7 Å². The second kappa shape index (κ2) is 11.3. The normalized spacial score (nSPS) is 20.0. The number of carboxylic acid groups (broad SMARTS) is 2. The highest BCUT2D eigenvalue weighted by Gasteiger charge is 2.29. The van der Waals surface area contributed by atoms with Crippen molar-refractivity contribution in [3.05, 3.63) is 30.3 Å². The fraction of sp³-hybridized carbons (Fsp3) is 0.500. The van der Waals surface area contributed by atoms with Gasteiger partial charge >= 0.3 is 11.9 Å². The number of aliphatic carboxylic acids is 2. The number of nitrogens with zero attached hydrogens (tertiary/aromatic N) is 4. The zero-order valence-electron chi connectivity index (χ0n) is 16.9. The molecule has 4 N–H and O–H groups in total. The van der Waals surface area contributed by atoms with Crippen LogP contribution in [0, 0.1) is 0 Å².